The van der Waals surface area contributed by atoms with Crippen LogP contribution in [0.1, 0.15) is 6.92 Å². The molecular formula is C18H32O15. The van der Waals surface area contributed by atoms with Crippen LogP contribution in [-0.2, 0) is 23.7 Å². The summed E-state index contributed by atoms with van der Waals surface area (Å²) in [5, 5.41) is 99.2. The lowest BCUT2D eigenvalue weighted by molar-refractivity contribution is -0.370. The van der Waals surface area contributed by atoms with Crippen molar-refractivity contribution in [1.29, 1.82) is 0 Å². The average Bonchev–Trinajstić information content (AvgIpc) is 2.79. The zero-order valence-corrected chi connectivity index (χ0v) is 17.6. The van der Waals surface area contributed by atoms with Crippen LogP contribution in [0.2, 0.25) is 0 Å². The molecule has 3 aliphatic heterocycles. The van der Waals surface area contributed by atoms with E-state index in [1.165, 1.54) is 6.92 Å². The Kier molecular flexibility index (Phi) is 8.99. The maximum atomic E-state index is 10.5. The minimum Gasteiger partial charge on any atom is -0.394 e. The van der Waals surface area contributed by atoms with Crippen molar-refractivity contribution in [3.8, 4) is 0 Å². The quantitative estimate of drug-likeness (QED) is 0.167. The maximum absolute atomic E-state index is 10.5. The van der Waals surface area contributed by atoms with Crippen LogP contribution in [0.25, 0.3) is 0 Å². The lowest BCUT2D eigenvalue weighted by Crippen LogP contribution is -2.64. The molecule has 0 spiro atoms. The molecule has 0 aromatic heterocycles. The standard InChI is InChI=1S/C18H32O15/c1-4-7(20)10(23)14(27)17(30-4)33-15-12(25)8(21)5(2-19)32-18(15)29-3-6-9(22)11(24)13(26)16(28)31-6/h4-28H,2-3H2,1H3/t4-,5+,6+,7-,8+,9+,10+,11-,12-,13+,14+,15+,16+,17-,18+/m0/s1. The molecule has 15 nitrogen and oxygen atoms in total. The van der Waals surface area contributed by atoms with Gasteiger partial charge in [0, 0.05) is 0 Å². The SMILES string of the molecule is C[C@@H]1O[C@@H](O[C@H]2[C@H](OC[C@H]3O[C@@H](O)[C@H](O)[C@@H](O)[C@@H]3O)O[C@H](CO)[C@@H](O)[C@@H]2O)[C@H](O)[C@H](O)[C@H]1O. The van der Waals surface area contributed by atoms with E-state index in [1.807, 2.05) is 0 Å². The molecule has 0 aliphatic carbocycles. The Morgan fingerprint density at radius 2 is 1.21 bits per heavy atom. The third kappa shape index (κ3) is 5.48. The summed E-state index contributed by atoms with van der Waals surface area (Å²) in [4.78, 5) is 0. The van der Waals surface area contributed by atoms with Gasteiger partial charge in [-0.15, -0.1) is 0 Å². The molecule has 33 heavy (non-hydrogen) atoms. The normalized spacial score (nSPS) is 53.7. The summed E-state index contributed by atoms with van der Waals surface area (Å²) in [5.41, 5.74) is 0. The molecule has 15 atom stereocenters. The van der Waals surface area contributed by atoms with Gasteiger partial charge in [0.25, 0.3) is 0 Å². The summed E-state index contributed by atoms with van der Waals surface area (Å²) in [6.45, 7) is 0.113. The molecule has 15 heteroatoms. The molecule has 0 amide bonds. The third-order valence-corrected chi connectivity index (χ3v) is 6.04. The van der Waals surface area contributed by atoms with Gasteiger partial charge in [-0.1, -0.05) is 0 Å². The van der Waals surface area contributed by atoms with Gasteiger partial charge >= 0.3 is 0 Å². The van der Waals surface area contributed by atoms with E-state index in [1.54, 1.807) is 0 Å². The highest BCUT2D eigenvalue weighted by atomic mass is 16.8. The lowest BCUT2D eigenvalue weighted by atomic mass is 9.97. The Bertz CT molecular complexity index is 626. The van der Waals surface area contributed by atoms with Gasteiger partial charge in [0.15, 0.2) is 18.9 Å². The molecule has 0 radical (unpaired) electrons. The van der Waals surface area contributed by atoms with Crippen LogP contribution in [-0.4, -0.2) is 156 Å². The monoisotopic (exact) mass is 488 g/mol. The predicted octanol–water partition coefficient (Wildman–Crippen LogP) is -6.55. The molecule has 194 valence electrons. The van der Waals surface area contributed by atoms with Crippen LogP contribution >= 0.6 is 0 Å². The number of hydrogen-bond donors (Lipinski definition) is 10. The Balaban J connectivity index is 1.72. The number of aliphatic hydroxyl groups excluding tert-OH is 10. The predicted molar refractivity (Wildman–Crippen MR) is 99.8 cm³/mol. The lowest BCUT2D eigenvalue weighted by Gasteiger charge is -2.46. The molecule has 0 aromatic rings. The van der Waals surface area contributed by atoms with Crippen LogP contribution in [0.15, 0.2) is 0 Å². The van der Waals surface area contributed by atoms with Gasteiger partial charge in [0.2, 0.25) is 0 Å². The Morgan fingerprint density at radius 3 is 1.85 bits per heavy atom. The zero-order chi connectivity index (χ0) is 24.6. The molecule has 0 bridgehead atoms. The van der Waals surface area contributed by atoms with Crippen molar-refractivity contribution in [3.05, 3.63) is 0 Å². The first kappa shape index (κ1) is 27.0. The fourth-order valence-electron chi connectivity index (χ4n) is 3.87. The second-order valence-electron chi connectivity index (χ2n) is 8.36. The van der Waals surface area contributed by atoms with Gasteiger partial charge in [-0.3, -0.25) is 0 Å². The summed E-state index contributed by atoms with van der Waals surface area (Å²) in [6.07, 6.45) is -23.6. The van der Waals surface area contributed by atoms with E-state index >= 15 is 0 Å². The molecular weight excluding hydrogens is 456 g/mol. The van der Waals surface area contributed by atoms with Crippen LogP contribution in [0, 0.1) is 0 Å². The van der Waals surface area contributed by atoms with Crippen molar-refractivity contribution >= 4 is 0 Å². The number of aliphatic hydroxyl groups is 10. The fourth-order valence-corrected chi connectivity index (χ4v) is 3.87. The van der Waals surface area contributed by atoms with E-state index < -0.39 is 105 Å². The highest BCUT2D eigenvalue weighted by Gasteiger charge is 2.51. The molecule has 0 aromatic carbocycles. The van der Waals surface area contributed by atoms with E-state index in [9.17, 15) is 51.1 Å². The minimum absolute atomic E-state index is 0.570. The maximum Gasteiger partial charge on any atom is 0.187 e. The van der Waals surface area contributed by atoms with Crippen molar-refractivity contribution in [2.24, 2.45) is 0 Å². The van der Waals surface area contributed by atoms with Gasteiger partial charge < -0.3 is 74.7 Å². The van der Waals surface area contributed by atoms with Gasteiger partial charge in [-0.2, -0.15) is 0 Å². The van der Waals surface area contributed by atoms with Crippen LogP contribution in [0.5, 0.6) is 0 Å². The van der Waals surface area contributed by atoms with Crippen molar-refractivity contribution in [1.82, 2.24) is 0 Å². The van der Waals surface area contributed by atoms with E-state index in [-0.39, 0.29) is 0 Å². The molecule has 10 N–H and O–H groups in total. The molecule has 3 fully saturated rings. The average molecular weight is 488 g/mol. The molecule has 0 saturated carbocycles. The van der Waals surface area contributed by atoms with Crippen molar-refractivity contribution < 1.29 is 74.7 Å². The summed E-state index contributed by atoms with van der Waals surface area (Å²) in [7, 11) is 0. The molecule has 3 saturated heterocycles. The molecule has 3 aliphatic rings. The highest BCUT2D eigenvalue weighted by molar-refractivity contribution is 4.94. The highest BCUT2D eigenvalue weighted by Crippen LogP contribution is 2.30. The van der Waals surface area contributed by atoms with E-state index in [4.69, 9.17) is 23.7 Å². The third-order valence-electron chi connectivity index (χ3n) is 6.04. The van der Waals surface area contributed by atoms with Crippen LogP contribution in [0.4, 0.5) is 0 Å². The van der Waals surface area contributed by atoms with E-state index in [2.05, 4.69) is 0 Å². The van der Waals surface area contributed by atoms with Gasteiger partial charge in [0.1, 0.15) is 67.1 Å². The molecule has 3 rings (SSSR count). The van der Waals surface area contributed by atoms with Crippen LogP contribution in [0.3, 0.4) is 0 Å². The number of ether oxygens (including phenoxy) is 5. The summed E-state index contributed by atoms with van der Waals surface area (Å²) < 4.78 is 26.7. The number of hydrogen-bond acceptors (Lipinski definition) is 15. The second kappa shape index (κ2) is 11.0. The van der Waals surface area contributed by atoms with Gasteiger partial charge in [-0.05, 0) is 6.92 Å². The fraction of sp³-hybridized carbons (Fsp3) is 1.00. The first-order valence-corrected chi connectivity index (χ1v) is 10.4. The Morgan fingerprint density at radius 1 is 0.606 bits per heavy atom. The van der Waals surface area contributed by atoms with Gasteiger partial charge in [-0.25, -0.2) is 0 Å². The van der Waals surface area contributed by atoms with E-state index in [0.29, 0.717) is 0 Å². The number of rotatable bonds is 6. The molecule has 3 heterocycles. The smallest absolute Gasteiger partial charge is 0.187 e. The van der Waals surface area contributed by atoms with E-state index in [0.717, 1.165) is 0 Å². The van der Waals surface area contributed by atoms with Crippen molar-refractivity contribution in [3.63, 3.8) is 0 Å². The summed E-state index contributed by atoms with van der Waals surface area (Å²) in [5.74, 6) is 0. The summed E-state index contributed by atoms with van der Waals surface area (Å²) in [6, 6.07) is 0. The Labute approximate surface area is 187 Å². The zero-order valence-electron chi connectivity index (χ0n) is 17.6. The minimum atomic E-state index is -1.82. The Hall–Kier alpha value is -0.600. The van der Waals surface area contributed by atoms with Crippen molar-refractivity contribution in [2.75, 3.05) is 13.2 Å². The second-order valence-corrected chi connectivity index (χ2v) is 8.36. The van der Waals surface area contributed by atoms with Crippen LogP contribution < -0.4 is 0 Å². The summed E-state index contributed by atoms with van der Waals surface area (Å²) >= 11 is 0. The molecule has 0 unspecified atom stereocenters. The van der Waals surface area contributed by atoms with Crippen molar-refractivity contribution in [2.45, 2.75) is 99.0 Å². The largest absolute Gasteiger partial charge is 0.394 e. The van der Waals surface area contributed by atoms with Gasteiger partial charge in [0.05, 0.1) is 19.3 Å². The topological polar surface area (TPSA) is 248 Å². The first-order valence-electron chi connectivity index (χ1n) is 10.4. The first-order chi connectivity index (χ1) is 15.5.